The number of hydrogen-bond acceptors (Lipinski definition) is 4. The summed E-state index contributed by atoms with van der Waals surface area (Å²) >= 11 is 0. The Hall–Kier alpha value is -1.70. The summed E-state index contributed by atoms with van der Waals surface area (Å²) in [5.74, 6) is -1.37. The van der Waals surface area contributed by atoms with Crippen LogP contribution < -0.4 is 16.0 Å². The smallest absolute Gasteiger partial charge is 0.247 e. The van der Waals surface area contributed by atoms with Crippen LogP contribution in [-0.2, 0) is 27.3 Å². The fourth-order valence-electron chi connectivity index (χ4n) is 2.72. The van der Waals surface area contributed by atoms with Gasteiger partial charge in [0.05, 0.1) is 5.69 Å². The summed E-state index contributed by atoms with van der Waals surface area (Å²) in [6.45, 7) is 4.83. The topological polar surface area (TPSA) is 79.5 Å². The van der Waals surface area contributed by atoms with Crippen LogP contribution in [0.4, 0.5) is 10.1 Å². The largest absolute Gasteiger partial charge is 0.375 e. The summed E-state index contributed by atoms with van der Waals surface area (Å²) in [7, 11) is 1.40. The van der Waals surface area contributed by atoms with Gasteiger partial charge in [-0.1, -0.05) is 19.9 Å². The maximum absolute atomic E-state index is 14.6. The maximum atomic E-state index is 14.6. The number of carbonyl (C=O) groups excluding carboxylic acids is 2. The number of amides is 2. The van der Waals surface area contributed by atoms with Gasteiger partial charge in [-0.25, -0.2) is 4.39 Å². The van der Waals surface area contributed by atoms with Crippen LogP contribution in [-0.4, -0.2) is 38.1 Å². The van der Waals surface area contributed by atoms with E-state index in [0.717, 1.165) is 5.56 Å². The van der Waals surface area contributed by atoms with E-state index >= 15 is 0 Å². The first kappa shape index (κ1) is 21.3. The van der Waals surface area contributed by atoms with E-state index in [1.165, 1.54) is 7.11 Å². The third-order valence-corrected chi connectivity index (χ3v) is 4.01. The summed E-state index contributed by atoms with van der Waals surface area (Å²) in [5, 5.41) is 8.39. The lowest BCUT2D eigenvalue weighted by molar-refractivity contribution is -0.129. The van der Waals surface area contributed by atoms with Gasteiger partial charge in [-0.2, -0.15) is 0 Å². The number of ether oxygens (including phenoxy) is 1. The van der Waals surface area contributed by atoms with Crippen LogP contribution in [0.25, 0.3) is 0 Å². The van der Waals surface area contributed by atoms with Crippen LogP contribution >= 0.6 is 12.4 Å². The van der Waals surface area contributed by atoms with Gasteiger partial charge >= 0.3 is 0 Å². The van der Waals surface area contributed by atoms with E-state index in [9.17, 15) is 14.0 Å². The van der Waals surface area contributed by atoms with Gasteiger partial charge in [-0.3, -0.25) is 9.59 Å². The number of rotatable bonds is 6. The summed E-state index contributed by atoms with van der Waals surface area (Å²) in [6.07, 6.45) is 0.586. The minimum atomic E-state index is -0.759. The summed E-state index contributed by atoms with van der Waals surface area (Å²) in [5.41, 5.74) is 1.69. The molecular weight excluding hydrogens is 349 g/mol. The van der Waals surface area contributed by atoms with Crippen LogP contribution in [0.5, 0.6) is 0 Å². The molecule has 140 valence electrons. The Kier molecular flexibility index (Phi) is 8.28. The zero-order valence-corrected chi connectivity index (χ0v) is 15.5. The first-order valence-corrected chi connectivity index (χ1v) is 8.04. The first-order valence-electron chi connectivity index (χ1n) is 8.04. The molecule has 0 bridgehead atoms. The van der Waals surface area contributed by atoms with E-state index in [2.05, 4.69) is 16.0 Å². The molecule has 3 N–H and O–H groups in total. The van der Waals surface area contributed by atoms with Gasteiger partial charge in [-0.15, -0.1) is 12.4 Å². The highest BCUT2D eigenvalue weighted by Crippen LogP contribution is 2.24. The van der Waals surface area contributed by atoms with Gasteiger partial charge in [-0.05, 0) is 36.1 Å². The molecule has 0 saturated carbocycles. The monoisotopic (exact) mass is 373 g/mol. The van der Waals surface area contributed by atoms with Gasteiger partial charge in [0, 0.05) is 13.7 Å². The lowest BCUT2D eigenvalue weighted by Gasteiger charge is -2.23. The van der Waals surface area contributed by atoms with Crippen LogP contribution in [0.2, 0.25) is 0 Å². The molecule has 0 aromatic heterocycles. The Balaban J connectivity index is 0.00000312. The van der Waals surface area contributed by atoms with Gasteiger partial charge in [0.1, 0.15) is 18.5 Å². The molecule has 6 nitrogen and oxygen atoms in total. The predicted molar refractivity (Wildman–Crippen MR) is 96.3 cm³/mol. The van der Waals surface area contributed by atoms with Crippen molar-refractivity contribution in [2.24, 2.45) is 5.92 Å². The van der Waals surface area contributed by atoms with E-state index in [1.807, 2.05) is 19.9 Å². The molecule has 0 fully saturated rings. The highest BCUT2D eigenvalue weighted by atomic mass is 35.5. The molecule has 2 rings (SSSR count). The molecule has 0 radical (unpaired) electrons. The Morgan fingerprint density at radius 2 is 2.08 bits per heavy atom. The van der Waals surface area contributed by atoms with Crippen LogP contribution in [0.15, 0.2) is 12.1 Å². The average molecular weight is 374 g/mol. The second-order valence-electron chi connectivity index (χ2n) is 6.20. The molecule has 1 heterocycles. The van der Waals surface area contributed by atoms with Crippen LogP contribution in [0.3, 0.4) is 0 Å². The van der Waals surface area contributed by atoms with Crippen LogP contribution in [0.1, 0.15) is 25.0 Å². The Morgan fingerprint density at radius 1 is 1.36 bits per heavy atom. The molecule has 1 atom stereocenters. The number of nitrogens with one attached hydrogen (secondary N) is 3. The van der Waals surface area contributed by atoms with Gasteiger partial charge in [0.2, 0.25) is 11.8 Å². The standard InChI is InChI=1S/C17H24FN3O3.ClH/c1-10(2)16(21-14(22)9-24-3)17(23)20-13-5-4-11-8-19-7-6-12(11)15(13)18;/h4-5,10,16,19H,6-9H2,1-3H3,(H,20,23)(H,21,22);1H/t16-;/m0./s1. The number of benzene rings is 1. The van der Waals surface area contributed by atoms with Crippen molar-refractivity contribution in [2.45, 2.75) is 32.9 Å². The zero-order valence-electron chi connectivity index (χ0n) is 14.6. The summed E-state index contributed by atoms with van der Waals surface area (Å²) in [6, 6.07) is 2.62. The molecule has 1 aliphatic rings. The SMILES string of the molecule is COCC(=O)N[C@H](C(=O)Nc1ccc2c(c1F)CCNC2)C(C)C.Cl. The van der Waals surface area contributed by atoms with Crippen molar-refractivity contribution in [3.05, 3.63) is 29.1 Å². The number of methoxy groups -OCH3 is 1. The predicted octanol–water partition coefficient (Wildman–Crippen LogP) is 1.62. The normalized spacial score (nSPS) is 14.3. The Morgan fingerprint density at radius 3 is 2.72 bits per heavy atom. The van der Waals surface area contributed by atoms with E-state index in [-0.39, 0.29) is 36.5 Å². The van der Waals surface area contributed by atoms with Crippen molar-refractivity contribution in [3.63, 3.8) is 0 Å². The van der Waals surface area contributed by atoms with Crippen molar-refractivity contribution in [3.8, 4) is 0 Å². The second kappa shape index (κ2) is 9.70. The fourth-order valence-corrected chi connectivity index (χ4v) is 2.72. The highest BCUT2D eigenvalue weighted by Gasteiger charge is 2.26. The van der Waals surface area contributed by atoms with E-state index < -0.39 is 17.8 Å². The lowest BCUT2D eigenvalue weighted by atomic mass is 9.99. The molecule has 1 aliphatic heterocycles. The quantitative estimate of drug-likeness (QED) is 0.708. The molecule has 0 unspecified atom stereocenters. The van der Waals surface area contributed by atoms with E-state index in [1.54, 1.807) is 6.07 Å². The number of fused-ring (bicyclic) bond motifs is 1. The molecule has 2 amide bonds. The van der Waals surface area contributed by atoms with Crippen molar-refractivity contribution in [1.82, 2.24) is 10.6 Å². The Bertz CT molecular complexity index is 625. The number of hydrogen-bond donors (Lipinski definition) is 3. The van der Waals surface area contributed by atoms with Gasteiger partial charge in [0.25, 0.3) is 0 Å². The van der Waals surface area contributed by atoms with Gasteiger partial charge < -0.3 is 20.7 Å². The molecule has 0 aliphatic carbocycles. The van der Waals surface area contributed by atoms with Crippen molar-refractivity contribution in [2.75, 3.05) is 25.6 Å². The zero-order chi connectivity index (χ0) is 17.7. The van der Waals surface area contributed by atoms with Crippen molar-refractivity contribution in [1.29, 1.82) is 0 Å². The van der Waals surface area contributed by atoms with Crippen molar-refractivity contribution >= 4 is 29.9 Å². The molecule has 25 heavy (non-hydrogen) atoms. The number of halogens is 2. The summed E-state index contributed by atoms with van der Waals surface area (Å²) < 4.78 is 19.4. The minimum absolute atomic E-state index is 0. The highest BCUT2D eigenvalue weighted by molar-refractivity contribution is 5.97. The second-order valence-corrected chi connectivity index (χ2v) is 6.20. The first-order chi connectivity index (χ1) is 11.4. The molecule has 0 spiro atoms. The van der Waals surface area contributed by atoms with Crippen LogP contribution in [0, 0.1) is 11.7 Å². The van der Waals surface area contributed by atoms with E-state index in [0.29, 0.717) is 25.1 Å². The maximum Gasteiger partial charge on any atom is 0.247 e. The third-order valence-electron chi connectivity index (χ3n) is 4.01. The minimum Gasteiger partial charge on any atom is -0.375 e. The summed E-state index contributed by atoms with van der Waals surface area (Å²) in [4.78, 5) is 24.1. The van der Waals surface area contributed by atoms with Gasteiger partial charge in [0.15, 0.2) is 0 Å². The fraction of sp³-hybridized carbons (Fsp3) is 0.529. The molecular formula is C17H25ClFN3O3. The third kappa shape index (κ3) is 5.39. The number of anilines is 1. The molecule has 8 heteroatoms. The molecule has 0 saturated heterocycles. The number of carbonyl (C=O) groups is 2. The lowest BCUT2D eigenvalue weighted by Crippen LogP contribution is -2.48. The average Bonchev–Trinajstić information content (AvgIpc) is 2.55. The molecule has 1 aromatic carbocycles. The van der Waals surface area contributed by atoms with E-state index in [4.69, 9.17) is 4.74 Å². The van der Waals surface area contributed by atoms with Crippen molar-refractivity contribution < 1.29 is 18.7 Å². The molecule has 1 aromatic rings. The Labute approximate surface area is 153 Å².